The van der Waals surface area contributed by atoms with Gasteiger partial charge < -0.3 is 9.94 Å². The number of rotatable bonds is 1. The fraction of sp³-hybridized carbons (Fsp3) is 0.0833. The molecule has 1 N–H and O–H groups in total. The number of aromatic hydroxyl groups is 1. The van der Waals surface area contributed by atoms with E-state index in [1.807, 2.05) is 0 Å². The van der Waals surface area contributed by atoms with Crippen LogP contribution in [-0.4, -0.2) is 29.5 Å². The Morgan fingerprint density at radius 1 is 1.47 bits per heavy atom. The number of hydrogen-bond acceptors (Lipinski definition) is 4. The van der Waals surface area contributed by atoms with Gasteiger partial charge in [0.15, 0.2) is 6.61 Å². The molecule has 5 nitrogen and oxygen atoms in total. The third-order valence-corrected chi connectivity index (χ3v) is 2.06. The molecule has 1 amide bonds. The molecule has 1 aliphatic heterocycles. The summed E-state index contributed by atoms with van der Waals surface area (Å²) in [5.41, 5.74) is 0.812. The number of carbonyl (C=O) groups excluding carboxylic acids is 1. The van der Waals surface area contributed by atoms with Gasteiger partial charge in [-0.05, 0) is 30.4 Å². The molecular formula is C12H10N2O3. The van der Waals surface area contributed by atoms with Crippen molar-refractivity contribution in [2.75, 3.05) is 6.61 Å². The number of phenolic OH excluding ortho intramolecular Hbond substituents is 1. The third-order valence-electron chi connectivity index (χ3n) is 2.06. The minimum absolute atomic E-state index is 0.0343. The van der Waals surface area contributed by atoms with E-state index in [2.05, 4.69) is 10.1 Å². The summed E-state index contributed by atoms with van der Waals surface area (Å²) in [6.07, 6.45) is 4.76. The first-order valence-corrected chi connectivity index (χ1v) is 4.98. The number of oxime groups is 1. The van der Waals surface area contributed by atoms with Crippen molar-refractivity contribution >= 4 is 17.8 Å². The van der Waals surface area contributed by atoms with E-state index in [1.165, 1.54) is 18.3 Å². The van der Waals surface area contributed by atoms with E-state index in [4.69, 9.17) is 4.84 Å². The van der Waals surface area contributed by atoms with Crippen molar-refractivity contribution in [1.82, 2.24) is 0 Å². The maximum atomic E-state index is 11.7. The van der Waals surface area contributed by atoms with Crippen molar-refractivity contribution < 1.29 is 14.7 Å². The Balaban J connectivity index is 2.18. The topological polar surface area (TPSA) is 71.2 Å². The van der Waals surface area contributed by atoms with Crippen LogP contribution in [0.15, 0.2) is 46.6 Å². The van der Waals surface area contributed by atoms with Crippen LogP contribution in [0.4, 0.5) is 0 Å². The van der Waals surface area contributed by atoms with Gasteiger partial charge in [-0.2, -0.15) is 0 Å². The predicted octanol–water partition coefficient (Wildman–Crippen LogP) is 1.55. The van der Waals surface area contributed by atoms with E-state index in [0.29, 0.717) is 11.3 Å². The van der Waals surface area contributed by atoms with Crippen molar-refractivity contribution in [2.45, 2.75) is 0 Å². The minimum atomic E-state index is -0.425. The van der Waals surface area contributed by atoms with Crippen LogP contribution < -0.4 is 0 Å². The summed E-state index contributed by atoms with van der Waals surface area (Å²) in [5.74, 6) is -0.391. The molecule has 1 aromatic carbocycles. The largest absolute Gasteiger partial charge is 0.508 e. The van der Waals surface area contributed by atoms with E-state index in [-0.39, 0.29) is 12.4 Å². The Hall–Kier alpha value is -2.43. The van der Waals surface area contributed by atoms with Crippen LogP contribution in [0.5, 0.6) is 5.75 Å². The van der Waals surface area contributed by atoms with Crippen LogP contribution in [-0.2, 0) is 4.84 Å². The average molecular weight is 230 g/mol. The third kappa shape index (κ3) is 3.01. The molecule has 0 saturated carbocycles. The molecule has 1 heterocycles. The molecule has 5 heteroatoms. The van der Waals surface area contributed by atoms with Crippen LogP contribution in [0, 0.1) is 0 Å². The lowest BCUT2D eigenvalue weighted by Crippen LogP contribution is -2.06. The molecule has 0 fully saturated rings. The highest BCUT2D eigenvalue weighted by Crippen LogP contribution is 2.12. The number of aliphatic imine (C=N–C) groups is 1. The Labute approximate surface area is 97.7 Å². The van der Waals surface area contributed by atoms with Gasteiger partial charge in [-0.25, -0.2) is 4.99 Å². The SMILES string of the molecule is O=C(N=C1C=CC=NOC1)c1cccc(O)c1. The van der Waals surface area contributed by atoms with Crippen molar-refractivity contribution in [2.24, 2.45) is 10.1 Å². The first-order valence-electron chi connectivity index (χ1n) is 4.98. The molecule has 1 aromatic rings. The molecule has 0 atom stereocenters. The Kier molecular flexibility index (Phi) is 3.30. The highest BCUT2D eigenvalue weighted by molar-refractivity contribution is 6.09. The fourth-order valence-corrected chi connectivity index (χ4v) is 1.29. The molecule has 86 valence electrons. The molecule has 0 aliphatic carbocycles. The van der Waals surface area contributed by atoms with Crippen LogP contribution in [0.2, 0.25) is 0 Å². The van der Waals surface area contributed by atoms with E-state index in [1.54, 1.807) is 24.3 Å². The summed E-state index contributed by atoms with van der Waals surface area (Å²) >= 11 is 0. The Morgan fingerprint density at radius 3 is 3.18 bits per heavy atom. The van der Waals surface area contributed by atoms with Gasteiger partial charge in [0, 0.05) is 5.56 Å². The molecule has 0 aromatic heterocycles. The lowest BCUT2D eigenvalue weighted by Gasteiger charge is -1.99. The van der Waals surface area contributed by atoms with Crippen LogP contribution >= 0.6 is 0 Å². The van der Waals surface area contributed by atoms with Crippen LogP contribution in [0.1, 0.15) is 10.4 Å². The Morgan fingerprint density at radius 2 is 2.35 bits per heavy atom. The standard InChI is InChI=1S/C12H10N2O3/c15-11-5-1-3-9(7-11)12(16)14-10-4-2-6-13-17-8-10/h1-7,15H,8H2. The van der Waals surface area contributed by atoms with E-state index in [9.17, 15) is 9.90 Å². The zero-order valence-electron chi connectivity index (χ0n) is 8.91. The minimum Gasteiger partial charge on any atom is -0.508 e. The molecule has 0 saturated heterocycles. The monoisotopic (exact) mass is 230 g/mol. The normalized spacial score (nSPS) is 16.6. The quantitative estimate of drug-likeness (QED) is 0.795. The van der Waals surface area contributed by atoms with Gasteiger partial charge in [0.1, 0.15) is 5.75 Å². The van der Waals surface area contributed by atoms with Crippen LogP contribution in [0.3, 0.4) is 0 Å². The maximum absolute atomic E-state index is 11.7. The highest BCUT2D eigenvalue weighted by atomic mass is 16.6. The van der Waals surface area contributed by atoms with Crippen molar-refractivity contribution in [3.8, 4) is 5.75 Å². The van der Waals surface area contributed by atoms with Gasteiger partial charge in [0.25, 0.3) is 5.91 Å². The van der Waals surface area contributed by atoms with Crippen molar-refractivity contribution in [3.05, 3.63) is 42.0 Å². The summed E-state index contributed by atoms with van der Waals surface area (Å²) in [7, 11) is 0. The first-order chi connectivity index (χ1) is 8.25. The van der Waals surface area contributed by atoms with Crippen molar-refractivity contribution in [1.29, 1.82) is 0 Å². The molecule has 0 bridgehead atoms. The zero-order chi connectivity index (χ0) is 12.1. The van der Waals surface area contributed by atoms with Gasteiger partial charge in [0.2, 0.25) is 0 Å². The van der Waals surface area contributed by atoms with E-state index in [0.717, 1.165) is 0 Å². The fourth-order valence-electron chi connectivity index (χ4n) is 1.29. The van der Waals surface area contributed by atoms with Crippen LogP contribution in [0.25, 0.3) is 0 Å². The van der Waals surface area contributed by atoms with Gasteiger partial charge >= 0.3 is 0 Å². The molecule has 2 rings (SSSR count). The zero-order valence-corrected chi connectivity index (χ0v) is 8.91. The number of nitrogens with zero attached hydrogens (tertiary/aromatic N) is 2. The summed E-state index contributed by atoms with van der Waals surface area (Å²) in [6, 6.07) is 6.03. The second kappa shape index (κ2) is 5.07. The van der Waals surface area contributed by atoms with Gasteiger partial charge in [-0.15, -0.1) is 0 Å². The number of hydrogen-bond donors (Lipinski definition) is 1. The summed E-state index contributed by atoms with van der Waals surface area (Å²) in [5, 5.41) is 12.8. The molecule has 0 spiro atoms. The maximum Gasteiger partial charge on any atom is 0.277 e. The second-order valence-electron chi connectivity index (χ2n) is 3.35. The van der Waals surface area contributed by atoms with Gasteiger partial charge in [0.05, 0.1) is 11.9 Å². The van der Waals surface area contributed by atoms with E-state index >= 15 is 0 Å². The van der Waals surface area contributed by atoms with Gasteiger partial charge in [-0.3, -0.25) is 4.79 Å². The molecular weight excluding hydrogens is 220 g/mol. The Bertz CT molecular complexity index is 518. The number of phenols is 1. The lowest BCUT2D eigenvalue weighted by atomic mass is 10.2. The first kappa shape index (κ1) is 11.1. The number of allylic oxidation sites excluding steroid dienone is 1. The van der Waals surface area contributed by atoms with Crippen molar-refractivity contribution in [3.63, 3.8) is 0 Å². The second-order valence-corrected chi connectivity index (χ2v) is 3.35. The summed E-state index contributed by atoms with van der Waals surface area (Å²) < 4.78 is 0. The number of benzene rings is 1. The number of carbonyl (C=O) groups is 1. The molecule has 1 aliphatic rings. The average Bonchev–Trinajstić information content (AvgIpc) is 2.57. The van der Waals surface area contributed by atoms with E-state index < -0.39 is 5.91 Å². The number of amides is 1. The molecule has 17 heavy (non-hydrogen) atoms. The lowest BCUT2D eigenvalue weighted by molar-refractivity contribution is 0.100. The predicted molar refractivity (Wildman–Crippen MR) is 63.5 cm³/mol. The smallest absolute Gasteiger partial charge is 0.277 e. The summed E-state index contributed by atoms with van der Waals surface area (Å²) in [4.78, 5) is 20.5. The molecule has 0 radical (unpaired) electrons. The molecule has 0 unspecified atom stereocenters. The van der Waals surface area contributed by atoms with Gasteiger partial charge in [-0.1, -0.05) is 11.2 Å². The highest BCUT2D eigenvalue weighted by Gasteiger charge is 2.07. The summed E-state index contributed by atoms with van der Waals surface area (Å²) in [6.45, 7) is 0.150.